The van der Waals surface area contributed by atoms with Gasteiger partial charge in [0.25, 0.3) is 0 Å². The van der Waals surface area contributed by atoms with E-state index in [-0.39, 0.29) is 22.4 Å². The normalized spacial score (nSPS) is 11.4. The van der Waals surface area contributed by atoms with Crippen molar-refractivity contribution in [3.63, 3.8) is 0 Å². The standard InChI is InChI=1S/C16H11BrF4O2/c1-9-6-11(18)3-5-14(9)23-15-7-10(16(19,20)21)2-4-12(15)13(22)8-17/h2-7H,8H2,1H3. The molecule has 0 heterocycles. The number of ketones is 1. The van der Waals surface area contributed by atoms with Gasteiger partial charge in [-0.25, -0.2) is 4.39 Å². The van der Waals surface area contributed by atoms with Crippen LogP contribution in [-0.2, 0) is 6.18 Å². The minimum Gasteiger partial charge on any atom is -0.456 e. The number of aryl methyl sites for hydroxylation is 1. The monoisotopic (exact) mass is 390 g/mol. The van der Waals surface area contributed by atoms with Gasteiger partial charge in [-0.2, -0.15) is 13.2 Å². The molecule has 0 spiro atoms. The fourth-order valence-electron chi connectivity index (χ4n) is 1.93. The van der Waals surface area contributed by atoms with E-state index in [0.29, 0.717) is 5.56 Å². The minimum atomic E-state index is -4.56. The summed E-state index contributed by atoms with van der Waals surface area (Å²) in [7, 11) is 0. The molecule has 7 heteroatoms. The van der Waals surface area contributed by atoms with Crippen molar-refractivity contribution in [1.82, 2.24) is 0 Å². The minimum absolute atomic E-state index is 0.0126. The van der Waals surface area contributed by atoms with Crippen molar-refractivity contribution in [1.29, 1.82) is 0 Å². The fraction of sp³-hybridized carbons (Fsp3) is 0.188. The Morgan fingerprint density at radius 2 is 1.83 bits per heavy atom. The Hall–Kier alpha value is -1.89. The van der Waals surface area contributed by atoms with Crippen LogP contribution in [0.5, 0.6) is 11.5 Å². The number of carbonyl (C=O) groups excluding carboxylic acids is 1. The Kier molecular flexibility index (Phi) is 5.09. The molecule has 0 saturated heterocycles. The Balaban J connectivity index is 2.50. The zero-order chi connectivity index (χ0) is 17.2. The molecule has 0 N–H and O–H groups in total. The van der Waals surface area contributed by atoms with Crippen LogP contribution in [0.1, 0.15) is 21.5 Å². The van der Waals surface area contributed by atoms with E-state index in [1.54, 1.807) is 6.92 Å². The molecule has 0 aliphatic heterocycles. The molecule has 0 fully saturated rings. The van der Waals surface area contributed by atoms with Gasteiger partial charge in [-0.3, -0.25) is 4.79 Å². The number of alkyl halides is 4. The molecule has 122 valence electrons. The van der Waals surface area contributed by atoms with Crippen LogP contribution < -0.4 is 4.74 Å². The molecule has 0 unspecified atom stereocenters. The molecule has 23 heavy (non-hydrogen) atoms. The lowest BCUT2D eigenvalue weighted by molar-refractivity contribution is -0.137. The summed E-state index contributed by atoms with van der Waals surface area (Å²) in [5.41, 5.74) is -0.517. The molecule has 2 rings (SSSR count). The first-order chi connectivity index (χ1) is 10.7. The Labute approximate surface area is 138 Å². The molecule has 2 nitrogen and oxygen atoms in total. The highest BCUT2D eigenvalue weighted by Gasteiger charge is 2.32. The molecule has 0 amide bonds. The van der Waals surface area contributed by atoms with Crippen LogP contribution in [-0.4, -0.2) is 11.1 Å². The van der Waals surface area contributed by atoms with E-state index in [0.717, 1.165) is 24.3 Å². The summed E-state index contributed by atoms with van der Waals surface area (Å²) in [6.07, 6.45) is -4.56. The zero-order valence-electron chi connectivity index (χ0n) is 11.9. The lowest BCUT2D eigenvalue weighted by Crippen LogP contribution is -2.08. The quantitative estimate of drug-likeness (QED) is 0.390. The maximum Gasteiger partial charge on any atom is 0.416 e. The van der Waals surface area contributed by atoms with E-state index >= 15 is 0 Å². The van der Waals surface area contributed by atoms with Gasteiger partial charge in [0.05, 0.1) is 16.5 Å². The van der Waals surface area contributed by atoms with Gasteiger partial charge < -0.3 is 4.74 Å². The van der Waals surface area contributed by atoms with Crippen molar-refractivity contribution in [2.24, 2.45) is 0 Å². The van der Waals surface area contributed by atoms with Crippen LogP contribution in [0.3, 0.4) is 0 Å². The van der Waals surface area contributed by atoms with Gasteiger partial charge in [0, 0.05) is 0 Å². The summed E-state index contributed by atoms with van der Waals surface area (Å²) in [6, 6.07) is 6.27. The smallest absolute Gasteiger partial charge is 0.416 e. The van der Waals surface area contributed by atoms with Crippen LogP contribution in [0, 0.1) is 12.7 Å². The number of carbonyl (C=O) groups is 1. The van der Waals surface area contributed by atoms with E-state index in [4.69, 9.17) is 4.74 Å². The summed E-state index contributed by atoms with van der Waals surface area (Å²) in [5, 5.41) is -0.0584. The number of hydrogen-bond acceptors (Lipinski definition) is 2. The second-order valence-corrected chi connectivity index (χ2v) is 5.34. The number of hydrogen-bond donors (Lipinski definition) is 0. The zero-order valence-corrected chi connectivity index (χ0v) is 13.5. The molecule has 0 atom stereocenters. The largest absolute Gasteiger partial charge is 0.456 e. The van der Waals surface area contributed by atoms with Gasteiger partial charge >= 0.3 is 6.18 Å². The van der Waals surface area contributed by atoms with Crippen LogP contribution >= 0.6 is 15.9 Å². The predicted octanol–water partition coefficient (Wildman–Crippen LogP) is 5.52. The summed E-state index contributed by atoms with van der Waals surface area (Å²) in [4.78, 5) is 11.9. The molecule has 2 aromatic carbocycles. The second-order valence-electron chi connectivity index (χ2n) is 4.78. The summed E-state index contributed by atoms with van der Waals surface area (Å²) >= 11 is 2.98. The second kappa shape index (κ2) is 6.70. The van der Waals surface area contributed by atoms with Gasteiger partial charge in [-0.15, -0.1) is 0 Å². The molecule has 0 bridgehead atoms. The van der Waals surface area contributed by atoms with E-state index in [1.165, 1.54) is 12.1 Å². The number of ether oxygens (including phenoxy) is 1. The summed E-state index contributed by atoms with van der Waals surface area (Å²) < 4.78 is 57.1. The molecule has 0 aliphatic carbocycles. The first-order valence-electron chi connectivity index (χ1n) is 6.47. The molecule has 0 aliphatic rings. The van der Waals surface area contributed by atoms with E-state index in [1.807, 2.05) is 0 Å². The third kappa shape index (κ3) is 4.10. The SMILES string of the molecule is Cc1cc(F)ccc1Oc1cc(C(F)(F)F)ccc1C(=O)CBr. The fourth-order valence-corrected chi connectivity index (χ4v) is 2.23. The van der Waals surface area contributed by atoms with E-state index in [9.17, 15) is 22.4 Å². The van der Waals surface area contributed by atoms with Crippen molar-refractivity contribution >= 4 is 21.7 Å². The first-order valence-corrected chi connectivity index (χ1v) is 7.59. The molecule has 0 saturated carbocycles. The van der Waals surface area contributed by atoms with Crippen LogP contribution in [0.15, 0.2) is 36.4 Å². The van der Waals surface area contributed by atoms with Gasteiger partial charge in [0.15, 0.2) is 5.78 Å². The maximum atomic E-state index is 13.1. The van der Waals surface area contributed by atoms with Gasteiger partial charge in [0.1, 0.15) is 17.3 Å². The molecular weight excluding hydrogens is 380 g/mol. The van der Waals surface area contributed by atoms with Crippen molar-refractivity contribution in [2.75, 3.05) is 5.33 Å². The van der Waals surface area contributed by atoms with Crippen molar-refractivity contribution < 1.29 is 27.1 Å². The van der Waals surface area contributed by atoms with Crippen molar-refractivity contribution in [3.05, 3.63) is 58.9 Å². The van der Waals surface area contributed by atoms with Gasteiger partial charge in [-0.05, 0) is 48.9 Å². The maximum absolute atomic E-state index is 13.1. The summed E-state index contributed by atoms with van der Waals surface area (Å²) in [6.45, 7) is 1.55. The molecule has 0 radical (unpaired) electrons. The third-order valence-electron chi connectivity index (χ3n) is 3.09. The van der Waals surface area contributed by atoms with Gasteiger partial charge in [0.2, 0.25) is 0 Å². The topological polar surface area (TPSA) is 26.3 Å². The lowest BCUT2D eigenvalue weighted by Gasteiger charge is -2.14. The van der Waals surface area contributed by atoms with Crippen molar-refractivity contribution in [2.45, 2.75) is 13.1 Å². The van der Waals surface area contributed by atoms with Crippen LogP contribution in [0.25, 0.3) is 0 Å². The van der Waals surface area contributed by atoms with E-state index in [2.05, 4.69) is 15.9 Å². The Morgan fingerprint density at radius 1 is 1.13 bits per heavy atom. The average molecular weight is 391 g/mol. The molecule has 2 aromatic rings. The Bertz CT molecular complexity index is 741. The van der Waals surface area contributed by atoms with Crippen molar-refractivity contribution in [3.8, 4) is 11.5 Å². The number of halogens is 5. The summed E-state index contributed by atoms with van der Waals surface area (Å²) in [5.74, 6) is -0.961. The number of Topliss-reactive ketones (excluding diaryl/α,β-unsaturated/α-hetero) is 1. The third-order valence-corrected chi connectivity index (χ3v) is 3.60. The predicted molar refractivity (Wildman–Crippen MR) is 80.8 cm³/mol. The van der Waals surface area contributed by atoms with Crippen LogP contribution in [0.2, 0.25) is 0 Å². The van der Waals surface area contributed by atoms with E-state index < -0.39 is 23.3 Å². The number of rotatable bonds is 4. The highest BCUT2D eigenvalue weighted by molar-refractivity contribution is 9.09. The highest BCUT2D eigenvalue weighted by Crippen LogP contribution is 2.36. The van der Waals surface area contributed by atoms with Crippen LogP contribution in [0.4, 0.5) is 17.6 Å². The lowest BCUT2D eigenvalue weighted by atomic mass is 10.1. The highest BCUT2D eigenvalue weighted by atomic mass is 79.9. The first kappa shape index (κ1) is 17.5. The van der Waals surface area contributed by atoms with Gasteiger partial charge in [-0.1, -0.05) is 15.9 Å². The average Bonchev–Trinajstić information content (AvgIpc) is 2.48. The number of benzene rings is 2. The molecule has 0 aromatic heterocycles. The molecular formula is C16H11BrF4O2. The Morgan fingerprint density at radius 3 is 2.39 bits per heavy atom.